The van der Waals surface area contributed by atoms with Crippen LogP contribution in [0.5, 0.6) is 0 Å². The molecule has 0 aliphatic heterocycles. The molecule has 0 heterocycles. The molecule has 7 heteroatoms. The zero-order chi connectivity index (χ0) is 23.6. The number of rotatable bonds is 9. The van der Waals surface area contributed by atoms with Gasteiger partial charge in [0.05, 0.1) is 12.1 Å². The summed E-state index contributed by atoms with van der Waals surface area (Å²) < 4.78 is 5.03. The van der Waals surface area contributed by atoms with E-state index in [0.717, 1.165) is 0 Å². The van der Waals surface area contributed by atoms with Gasteiger partial charge in [-0.1, -0.05) is 60.7 Å². The highest BCUT2D eigenvalue weighted by Gasteiger charge is 2.17. The lowest BCUT2D eigenvalue weighted by atomic mass is 10.0. The molecule has 0 bridgehead atoms. The van der Waals surface area contributed by atoms with Gasteiger partial charge in [0.2, 0.25) is 0 Å². The molecule has 0 saturated heterocycles. The number of ketones is 1. The third-order valence-corrected chi connectivity index (χ3v) is 4.73. The number of carbonyl (C=O) groups is 4. The van der Waals surface area contributed by atoms with E-state index in [1.54, 1.807) is 85.8 Å². The molecule has 0 saturated carbocycles. The Bertz CT molecular complexity index is 1130. The summed E-state index contributed by atoms with van der Waals surface area (Å²) in [5.41, 5.74) is 1.65. The number of benzene rings is 3. The molecule has 0 aliphatic rings. The molecular formula is C26H24N2O5. The molecule has 1 unspecified atom stereocenters. The fourth-order valence-electron chi connectivity index (χ4n) is 3.12. The monoisotopic (exact) mass is 444 g/mol. The molecule has 3 aromatic carbocycles. The number of nitrogens with one attached hydrogen (secondary N) is 2. The lowest BCUT2D eigenvalue weighted by Crippen LogP contribution is -2.35. The lowest BCUT2D eigenvalue weighted by Gasteiger charge is -2.14. The Kier molecular flexibility index (Phi) is 8.07. The predicted octanol–water partition coefficient (Wildman–Crippen LogP) is 3.61. The summed E-state index contributed by atoms with van der Waals surface area (Å²) in [7, 11) is 0. The Hall–Kier alpha value is -4.26. The first-order chi connectivity index (χ1) is 15.9. The van der Waals surface area contributed by atoms with E-state index >= 15 is 0 Å². The van der Waals surface area contributed by atoms with Crippen LogP contribution in [0.1, 0.15) is 39.6 Å². The molecule has 3 aromatic rings. The number of amides is 2. The first-order valence-electron chi connectivity index (χ1n) is 10.4. The summed E-state index contributed by atoms with van der Waals surface area (Å²) in [4.78, 5) is 49.3. The zero-order valence-corrected chi connectivity index (χ0v) is 18.1. The number of hydrogen-bond acceptors (Lipinski definition) is 5. The van der Waals surface area contributed by atoms with Crippen molar-refractivity contribution in [3.05, 3.63) is 102 Å². The second-order valence-electron chi connectivity index (χ2n) is 7.39. The van der Waals surface area contributed by atoms with Gasteiger partial charge in [-0.15, -0.1) is 0 Å². The van der Waals surface area contributed by atoms with Gasteiger partial charge in [-0.05, 0) is 31.2 Å². The largest absolute Gasteiger partial charge is 0.455 e. The fraction of sp³-hybridized carbons (Fsp3) is 0.154. The topological polar surface area (TPSA) is 102 Å². The summed E-state index contributed by atoms with van der Waals surface area (Å²) in [6, 6.07) is 23.5. The molecule has 33 heavy (non-hydrogen) atoms. The van der Waals surface area contributed by atoms with Gasteiger partial charge in [0.15, 0.2) is 12.4 Å². The van der Waals surface area contributed by atoms with Gasteiger partial charge in [-0.3, -0.25) is 19.2 Å². The SMILES string of the molecule is CC(CC(=O)OCC(=O)Nc1ccccc1C(=O)c1ccccc1)NC(=O)c1ccccc1. The molecule has 3 rings (SSSR count). The number of carbonyl (C=O) groups excluding carboxylic acids is 4. The minimum atomic E-state index is -0.625. The number of hydrogen-bond donors (Lipinski definition) is 2. The highest BCUT2D eigenvalue weighted by molar-refractivity contribution is 6.13. The molecule has 168 valence electrons. The second-order valence-corrected chi connectivity index (χ2v) is 7.39. The van der Waals surface area contributed by atoms with Gasteiger partial charge in [-0.25, -0.2) is 0 Å². The van der Waals surface area contributed by atoms with Crippen LogP contribution in [-0.2, 0) is 14.3 Å². The fourth-order valence-corrected chi connectivity index (χ4v) is 3.12. The Morgan fingerprint density at radius 1 is 0.788 bits per heavy atom. The van der Waals surface area contributed by atoms with Crippen molar-refractivity contribution in [2.24, 2.45) is 0 Å². The normalized spacial score (nSPS) is 11.2. The van der Waals surface area contributed by atoms with Crippen molar-refractivity contribution in [2.45, 2.75) is 19.4 Å². The molecule has 2 N–H and O–H groups in total. The van der Waals surface area contributed by atoms with Gasteiger partial charge >= 0.3 is 5.97 Å². The van der Waals surface area contributed by atoms with Crippen LogP contribution in [0.4, 0.5) is 5.69 Å². The van der Waals surface area contributed by atoms with E-state index in [0.29, 0.717) is 22.4 Å². The average molecular weight is 444 g/mol. The van der Waals surface area contributed by atoms with Gasteiger partial charge < -0.3 is 15.4 Å². The van der Waals surface area contributed by atoms with Crippen LogP contribution < -0.4 is 10.6 Å². The van der Waals surface area contributed by atoms with E-state index in [1.165, 1.54) is 0 Å². The molecule has 7 nitrogen and oxygen atoms in total. The Balaban J connectivity index is 1.50. The number of esters is 1. The van der Waals surface area contributed by atoms with Gasteiger partial charge in [-0.2, -0.15) is 0 Å². The first-order valence-corrected chi connectivity index (χ1v) is 10.4. The average Bonchev–Trinajstić information content (AvgIpc) is 2.83. The van der Waals surface area contributed by atoms with Crippen LogP contribution in [0, 0.1) is 0 Å². The lowest BCUT2D eigenvalue weighted by molar-refractivity contribution is -0.147. The van der Waals surface area contributed by atoms with Crippen LogP contribution in [-0.4, -0.2) is 36.2 Å². The quantitative estimate of drug-likeness (QED) is 0.388. The van der Waals surface area contributed by atoms with Crippen LogP contribution >= 0.6 is 0 Å². The third-order valence-electron chi connectivity index (χ3n) is 4.73. The first kappa shape index (κ1) is 23.4. The van der Waals surface area contributed by atoms with Crippen LogP contribution in [0.3, 0.4) is 0 Å². The summed E-state index contributed by atoms with van der Waals surface area (Å²) in [5, 5.41) is 5.33. The van der Waals surface area contributed by atoms with Gasteiger partial charge in [0, 0.05) is 22.7 Å². The standard InChI is InChI=1S/C26H24N2O5/c1-18(27-26(32)20-12-6-3-7-13-20)16-24(30)33-17-23(29)28-22-15-9-8-14-21(22)25(31)19-10-4-2-5-11-19/h2-15,18H,16-17H2,1H3,(H,27,32)(H,28,29). The maximum Gasteiger partial charge on any atom is 0.308 e. The number of anilines is 1. The van der Waals surface area contributed by atoms with E-state index in [9.17, 15) is 19.2 Å². The van der Waals surface area contributed by atoms with Crippen LogP contribution in [0.25, 0.3) is 0 Å². The minimum Gasteiger partial charge on any atom is -0.455 e. The van der Waals surface area contributed by atoms with Crippen molar-refractivity contribution in [3.63, 3.8) is 0 Å². The highest BCUT2D eigenvalue weighted by Crippen LogP contribution is 2.19. The molecule has 0 fully saturated rings. The second kappa shape index (κ2) is 11.4. The van der Waals surface area contributed by atoms with Gasteiger partial charge in [0.1, 0.15) is 0 Å². The molecule has 0 radical (unpaired) electrons. The smallest absolute Gasteiger partial charge is 0.308 e. The Morgan fingerprint density at radius 3 is 2.03 bits per heavy atom. The molecule has 0 aromatic heterocycles. The molecule has 2 amide bonds. The van der Waals surface area contributed by atoms with Crippen molar-refractivity contribution in [3.8, 4) is 0 Å². The van der Waals surface area contributed by atoms with Crippen molar-refractivity contribution in [1.82, 2.24) is 5.32 Å². The van der Waals surface area contributed by atoms with Crippen molar-refractivity contribution < 1.29 is 23.9 Å². The predicted molar refractivity (Wildman–Crippen MR) is 124 cm³/mol. The molecule has 1 atom stereocenters. The van der Waals surface area contributed by atoms with Crippen LogP contribution in [0.15, 0.2) is 84.9 Å². The van der Waals surface area contributed by atoms with Crippen molar-refractivity contribution >= 4 is 29.3 Å². The summed E-state index contributed by atoms with van der Waals surface area (Å²) in [6.07, 6.45) is -0.0884. The number of para-hydroxylation sites is 1. The Morgan fingerprint density at radius 2 is 1.36 bits per heavy atom. The van der Waals surface area contributed by atoms with E-state index in [-0.39, 0.29) is 18.1 Å². The van der Waals surface area contributed by atoms with E-state index < -0.39 is 24.5 Å². The zero-order valence-electron chi connectivity index (χ0n) is 18.1. The summed E-state index contributed by atoms with van der Waals surface area (Å²) in [6.45, 7) is 1.17. The summed E-state index contributed by atoms with van der Waals surface area (Å²) in [5.74, 6) is -1.72. The minimum absolute atomic E-state index is 0.0884. The molecule has 0 aliphatic carbocycles. The number of ether oxygens (including phenoxy) is 1. The van der Waals surface area contributed by atoms with Crippen molar-refractivity contribution in [2.75, 3.05) is 11.9 Å². The van der Waals surface area contributed by atoms with E-state index in [2.05, 4.69) is 10.6 Å². The van der Waals surface area contributed by atoms with Crippen LogP contribution in [0.2, 0.25) is 0 Å². The van der Waals surface area contributed by atoms with Gasteiger partial charge in [0.25, 0.3) is 11.8 Å². The maximum absolute atomic E-state index is 12.8. The van der Waals surface area contributed by atoms with E-state index in [1.807, 2.05) is 6.07 Å². The maximum atomic E-state index is 12.8. The van der Waals surface area contributed by atoms with Crippen molar-refractivity contribution in [1.29, 1.82) is 0 Å². The highest BCUT2D eigenvalue weighted by atomic mass is 16.5. The van der Waals surface area contributed by atoms with E-state index in [4.69, 9.17) is 4.74 Å². The molecular weight excluding hydrogens is 420 g/mol. The Labute approximate surface area is 191 Å². The molecule has 0 spiro atoms. The summed E-state index contributed by atoms with van der Waals surface area (Å²) >= 11 is 0. The third kappa shape index (κ3) is 6.87.